The molecule has 1 N–H and O–H groups in total. The van der Waals surface area contributed by atoms with E-state index < -0.39 is 0 Å². The first-order chi connectivity index (χ1) is 6.75. The van der Waals surface area contributed by atoms with Crippen LogP contribution in [0.3, 0.4) is 0 Å². The standard InChI is InChI=1S/C11H12BrNS/c12-9-6-4-8(5-7-9)10-2-1-3-11(14)13-10/h4-7,10H,1-3H2,(H,13,14). The van der Waals surface area contributed by atoms with Crippen molar-refractivity contribution >= 4 is 33.1 Å². The van der Waals surface area contributed by atoms with Crippen molar-refractivity contribution in [1.29, 1.82) is 0 Å². The van der Waals surface area contributed by atoms with Crippen molar-refractivity contribution in [3.8, 4) is 0 Å². The summed E-state index contributed by atoms with van der Waals surface area (Å²) in [7, 11) is 0. The topological polar surface area (TPSA) is 12.0 Å². The Bertz CT molecular complexity index is 334. The summed E-state index contributed by atoms with van der Waals surface area (Å²) in [6.07, 6.45) is 3.43. The minimum absolute atomic E-state index is 0.421. The lowest BCUT2D eigenvalue weighted by atomic mass is 9.98. The number of rotatable bonds is 1. The second kappa shape index (κ2) is 4.41. The molecule has 0 radical (unpaired) electrons. The average molecular weight is 270 g/mol. The molecule has 0 aliphatic carbocycles. The van der Waals surface area contributed by atoms with Gasteiger partial charge in [-0.3, -0.25) is 0 Å². The lowest BCUT2D eigenvalue weighted by molar-refractivity contribution is 0.533. The van der Waals surface area contributed by atoms with Gasteiger partial charge in [0.05, 0.1) is 11.0 Å². The fourth-order valence-electron chi connectivity index (χ4n) is 1.75. The first kappa shape index (κ1) is 10.1. The van der Waals surface area contributed by atoms with E-state index in [0.29, 0.717) is 6.04 Å². The number of nitrogens with one attached hydrogen (secondary N) is 1. The predicted octanol–water partition coefficient (Wildman–Crippen LogP) is 3.59. The van der Waals surface area contributed by atoms with Gasteiger partial charge < -0.3 is 5.32 Å². The highest BCUT2D eigenvalue weighted by Gasteiger charge is 2.16. The molecule has 1 saturated heterocycles. The van der Waals surface area contributed by atoms with Gasteiger partial charge in [-0.05, 0) is 37.0 Å². The Morgan fingerprint density at radius 3 is 2.64 bits per heavy atom. The van der Waals surface area contributed by atoms with E-state index in [9.17, 15) is 0 Å². The Morgan fingerprint density at radius 1 is 1.29 bits per heavy atom. The predicted molar refractivity (Wildman–Crippen MR) is 66.5 cm³/mol. The Labute approximate surface area is 98.0 Å². The molecule has 2 rings (SSSR count). The smallest absolute Gasteiger partial charge is 0.0758 e. The molecule has 0 spiro atoms. The molecule has 74 valence electrons. The van der Waals surface area contributed by atoms with Crippen molar-refractivity contribution in [1.82, 2.24) is 5.32 Å². The van der Waals surface area contributed by atoms with E-state index >= 15 is 0 Å². The Balaban J connectivity index is 2.14. The van der Waals surface area contributed by atoms with E-state index in [1.165, 1.54) is 18.4 Å². The van der Waals surface area contributed by atoms with E-state index in [1.54, 1.807) is 0 Å². The van der Waals surface area contributed by atoms with Gasteiger partial charge in [-0.15, -0.1) is 0 Å². The number of thiocarbonyl (C=S) groups is 1. The van der Waals surface area contributed by atoms with Crippen molar-refractivity contribution in [3.63, 3.8) is 0 Å². The molecule has 1 fully saturated rings. The molecule has 14 heavy (non-hydrogen) atoms. The minimum Gasteiger partial charge on any atom is -0.373 e. The van der Waals surface area contributed by atoms with E-state index in [2.05, 4.69) is 45.5 Å². The largest absolute Gasteiger partial charge is 0.373 e. The zero-order valence-corrected chi connectivity index (χ0v) is 10.2. The number of halogens is 1. The van der Waals surface area contributed by atoms with Crippen LogP contribution in [-0.4, -0.2) is 4.99 Å². The molecule has 1 unspecified atom stereocenters. The van der Waals surface area contributed by atoms with Crippen LogP contribution < -0.4 is 5.32 Å². The summed E-state index contributed by atoms with van der Waals surface area (Å²) in [5.41, 5.74) is 1.33. The Morgan fingerprint density at radius 2 is 2.00 bits per heavy atom. The lowest BCUT2D eigenvalue weighted by Crippen LogP contribution is -2.30. The van der Waals surface area contributed by atoms with Crippen LogP contribution in [0.5, 0.6) is 0 Å². The maximum absolute atomic E-state index is 5.19. The summed E-state index contributed by atoms with van der Waals surface area (Å²) in [6.45, 7) is 0. The normalized spacial score (nSPS) is 21.8. The Kier molecular flexibility index (Phi) is 3.19. The maximum atomic E-state index is 5.19. The van der Waals surface area contributed by atoms with Gasteiger partial charge in [0, 0.05) is 4.47 Å². The third kappa shape index (κ3) is 2.34. The number of benzene rings is 1. The molecule has 3 heteroatoms. The Hall–Kier alpha value is -0.410. The van der Waals surface area contributed by atoms with Crippen LogP contribution in [0, 0.1) is 0 Å². The lowest BCUT2D eigenvalue weighted by Gasteiger charge is -2.25. The van der Waals surface area contributed by atoms with Crippen LogP contribution in [-0.2, 0) is 0 Å². The third-order valence-electron chi connectivity index (χ3n) is 2.50. The summed E-state index contributed by atoms with van der Waals surface area (Å²) in [5, 5.41) is 3.37. The quantitative estimate of drug-likeness (QED) is 0.783. The van der Waals surface area contributed by atoms with Crippen molar-refractivity contribution in [2.75, 3.05) is 0 Å². The van der Waals surface area contributed by atoms with Crippen LogP contribution in [0.1, 0.15) is 30.9 Å². The summed E-state index contributed by atoms with van der Waals surface area (Å²) < 4.78 is 1.12. The van der Waals surface area contributed by atoms with Crippen molar-refractivity contribution in [2.45, 2.75) is 25.3 Å². The molecule has 1 nitrogen and oxygen atoms in total. The van der Waals surface area contributed by atoms with Gasteiger partial charge in [0.1, 0.15) is 0 Å². The second-order valence-corrected chi connectivity index (χ2v) is 4.97. The first-order valence-electron chi connectivity index (χ1n) is 4.80. The van der Waals surface area contributed by atoms with Crippen LogP contribution >= 0.6 is 28.1 Å². The van der Waals surface area contributed by atoms with Gasteiger partial charge in [-0.1, -0.05) is 40.3 Å². The number of piperidine rings is 1. The van der Waals surface area contributed by atoms with Crippen LogP contribution in [0.25, 0.3) is 0 Å². The van der Waals surface area contributed by atoms with Gasteiger partial charge in [0.25, 0.3) is 0 Å². The summed E-state index contributed by atoms with van der Waals surface area (Å²) in [4.78, 5) is 1.00. The fourth-order valence-corrected chi connectivity index (χ4v) is 2.30. The molecule has 1 aliphatic heterocycles. The van der Waals surface area contributed by atoms with Gasteiger partial charge in [0.2, 0.25) is 0 Å². The zero-order valence-electron chi connectivity index (χ0n) is 7.79. The minimum atomic E-state index is 0.421. The molecular weight excluding hydrogens is 258 g/mol. The van der Waals surface area contributed by atoms with Gasteiger partial charge >= 0.3 is 0 Å². The molecule has 1 aromatic rings. The summed E-state index contributed by atoms with van der Waals surface area (Å²) >= 11 is 8.62. The highest BCUT2D eigenvalue weighted by atomic mass is 79.9. The first-order valence-corrected chi connectivity index (χ1v) is 6.00. The molecule has 1 heterocycles. The van der Waals surface area contributed by atoms with Crippen LogP contribution in [0.4, 0.5) is 0 Å². The van der Waals surface area contributed by atoms with Crippen LogP contribution in [0.15, 0.2) is 28.7 Å². The molecule has 1 atom stereocenters. The fraction of sp³-hybridized carbons (Fsp3) is 0.364. The number of hydrogen-bond donors (Lipinski definition) is 1. The van der Waals surface area contributed by atoms with Crippen LogP contribution in [0.2, 0.25) is 0 Å². The maximum Gasteiger partial charge on any atom is 0.0758 e. The zero-order chi connectivity index (χ0) is 9.97. The molecule has 1 aliphatic rings. The van der Waals surface area contributed by atoms with Crippen molar-refractivity contribution in [3.05, 3.63) is 34.3 Å². The highest BCUT2D eigenvalue weighted by molar-refractivity contribution is 9.10. The van der Waals surface area contributed by atoms with E-state index in [4.69, 9.17) is 12.2 Å². The number of hydrogen-bond acceptors (Lipinski definition) is 1. The summed E-state index contributed by atoms with van der Waals surface area (Å²) in [6, 6.07) is 8.87. The molecular formula is C11H12BrNS. The van der Waals surface area contributed by atoms with Crippen molar-refractivity contribution in [2.24, 2.45) is 0 Å². The SMILES string of the molecule is S=C1CCCC(c2ccc(Br)cc2)N1. The third-order valence-corrected chi connectivity index (χ3v) is 3.35. The van der Waals surface area contributed by atoms with E-state index in [-0.39, 0.29) is 0 Å². The monoisotopic (exact) mass is 269 g/mol. The van der Waals surface area contributed by atoms with Gasteiger partial charge in [0.15, 0.2) is 0 Å². The van der Waals surface area contributed by atoms with Crippen molar-refractivity contribution < 1.29 is 0 Å². The average Bonchev–Trinajstić information content (AvgIpc) is 2.19. The second-order valence-electron chi connectivity index (χ2n) is 3.56. The highest BCUT2D eigenvalue weighted by Crippen LogP contribution is 2.24. The summed E-state index contributed by atoms with van der Waals surface area (Å²) in [5.74, 6) is 0. The molecule has 0 aromatic heterocycles. The molecule has 0 amide bonds. The van der Waals surface area contributed by atoms with Gasteiger partial charge in [-0.2, -0.15) is 0 Å². The van der Waals surface area contributed by atoms with Gasteiger partial charge in [-0.25, -0.2) is 0 Å². The molecule has 1 aromatic carbocycles. The van der Waals surface area contributed by atoms with E-state index in [0.717, 1.165) is 15.9 Å². The van der Waals surface area contributed by atoms with E-state index in [1.807, 2.05) is 0 Å². The molecule has 0 saturated carbocycles. The molecule has 0 bridgehead atoms.